The zero-order chi connectivity index (χ0) is 24.0. The predicted octanol–water partition coefficient (Wildman–Crippen LogP) is 4.20. The van der Waals surface area contributed by atoms with Gasteiger partial charge in [-0.3, -0.25) is 4.79 Å². The summed E-state index contributed by atoms with van der Waals surface area (Å²) in [5, 5.41) is 7.79. The summed E-state index contributed by atoms with van der Waals surface area (Å²) in [6.07, 6.45) is 3.32. The maximum atomic E-state index is 11.4. The molecule has 8 heteroatoms. The van der Waals surface area contributed by atoms with Gasteiger partial charge >= 0.3 is 0 Å². The number of carbonyl (C=O) groups excluding carboxylic acids is 1. The number of carbonyl (C=O) groups is 1. The standard InChI is InChI=1S/C23H28N6O2.C2H6/c1-16(30)12-18-6-5-7-20(13-18)31-23-9-8-22-25-21(15-29(22)26-23)24-17(2)28-11-10-19(14-28)27(3)4;1-2/h5-9,13,15,19,24H,2,10-12,14H2,1,3-4H3;1-2H3. The number of nitrogens with one attached hydrogen (secondary N) is 1. The van der Waals surface area contributed by atoms with Gasteiger partial charge in [0.15, 0.2) is 11.5 Å². The summed E-state index contributed by atoms with van der Waals surface area (Å²) in [7, 11) is 4.22. The van der Waals surface area contributed by atoms with Crippen molar-refractivity contribution in [3.05, 3.63) is 60.6 Å². The summed E-state index contributed by atoms with van der Waals surface area (Å²) < 4.78 is 7.57. The fraction of sp³-hybridized carbons (Fsp3) is 0.400. The molecule has 0 aliphatic carbocycles. The van der Waals surface area contributed by atoms with E-state index in [1.54, 1.807) is 17.5 Å². The number of nitrogens with zero attached hydrogens (tertiary/aromatic N) is 5. The third-order valence-electron chi connectivity index (χ3n) is 5.42. The Morgan fingerprint density at radius 2 is 2.06 bits per heavy atom. The van der Waals surface area contributed by atoms with E-state index < -0.39 is 0 Å². The van der Waals surface area contributed by atoms with Gasteiger partial charge in [0.2, 0.25) is 5.88 Å². The summed E-state index contributed by atoms with van der Waals surface area (Å²) >= 11 is 0. The van der Waals surface area contributed by atoms with Crippen LogP contribution in [-0.4, -0.2) is 63.4 Å². The lowest BCUT2D eigenvalue weighted by atomic mass is 10.1. The molecule has 1 fully saturated rings. The highest BCUT2D eigenvalue weighted by atomic mass is 16.5. The van der Waals surface area contributed by atoms with Crippen LogP contribution in [0.15, 0.2) is 55.0 Å². The van der Waals surface area contributed by atoms with Crippen LogP contribution in [0.1, 0.15) is 32.8 Å². The summed E-state index contributed by atoms with van der Waals surface area (Å²) in [5.41, 5.74) is 1.62. The fourth-order valence-electron chi connectivity index (χ4n) is 3.74. The molecule has 3 aromatic rings. The average Bonchev–Trinajstić information content (AvgIpc) is 3.42. The van der Waals surface area contributed by atoms with Crippen LogP contribution in [0.25, 0.3) is 5.65 Å². The van der Waals surface area contributed by atoms with Crippen LogP contribution in [-0.2, 0) is 11.2 Å². The molecule has 4 rings (SSSR count). The van der Waals surface area contributed by atoms with Gasteiger partial charge in [0.25, 0.3) is 0 Å². The maximum Gasteiger partial charge on any atom is 0.237 e. The number of likely N-dealkylation sites (tertiary alicyclic amines) is 1. The number of hydrogen-bond acceptors (Lipinski definition) is 7. The van der Waals surface area contributed by atoms with E-state index in [2.05, 4.69) is 45.9 Å². The van der Waals surface area contributed by atoms with Gasteiger partial charge < -0.3 is 19.9 Å². The first-order valence-corrected chi connectivity index (χ1v) is 11.4. The topological polar surface area (TPSA) is 75.0 Å². The van der Waals surface area contributed by atoms with Crippen molar-refractivity contribution in [2.75, 3.05) is 32.5 Å². The van der Waals surface area contributed by atoms with Gasteiger partial charge in [-0.2, -0.15) is 0 Å². The molecular formula is C25H34N6O2. The Balaban J connectivity index is 0.00000149. The second-order valence-corrected chi connectivity index (χ2v) is 8.15. The first-order chi connectivity index (χ1) is 15.9. The number of imidazole rings is 1. The first-order valence-electron chi connectivity index (χ1n) is 11.4. The van der Waals surface area contributed by atoms with Crippen molar-refractivity contribution in [1.82, 2.24) is 24.4 Å². The van der Waals surface area contributed by atoms with E-state index in [1.165, 1.54) is 0 Å². The van der Waals surface area contributed by atoms with Gasteiger partial charge in [0, 0.05) is 31.6 Å². The van der Waals surface area contributed by atoms with E-state index in [1.807, 2.05) is 50.4 Å². The molecule has 2 aromatic heterocycles. The summed E-state index contributed by atoms with van der Waals surface area (Å²) in [6, 6.07) is 11.7. The molecule has 1 aliphatic heterocycles. The normalized spacial score (nSPS) is 15.3. The van der Waals surface area contributed by atoms with Gasteiger partial charge in [-0.15, -0.1) is 5.10 Å². The fourth-order valence-corrected chi connectivity index (χ4v) is 3.74. The second-order valence-electron chi connectivity index (χ2n) is 8.15. The molecule has 1 N–H and O–H groups in total. The molecule has 8 nitrogen and oxygen atoms in total. The van der Waals surface area contributed by atoms with Crippen LogP contribution in [0.4, 0.5) is 5.82 Å². The minimum absolute atomic E-state index is 0.114. The molecular weight excluding hydrogens is 416 g/mol. The second kappa shape index (κ2) is 11.0. The van der Waals surface area contributed by atoms with Crippen molar-refractivity contribution in [2.45, 2.75) is 39.7 Å². The molecule has 0 radical (unpaired) electrons. The van der Waals surface area contributed by atoms with Crippen LogP contribution >= 0.6 is 0 Å². The number of fused-ring (bicyclic) bond motifs is 1. The third kappa shape index (κ3) is 6.32. The molecule has 3 heterocycles. The molecule has 33 heavy (non-hydrogen) atoms. The third-order valence-corrected chi connectivity index (χ3v) is 5.42. The highest BCUT2D eigenvalue weighted by Crippen LogP contribution is 2.23. The van der Waals surface area contributed by atoms with Gasteiger partial charge in [-0.25, -0.2) is 9.50 Å². The number of likely N-dealkylation sites (N-methyl/N-ethyl adjacent to an activating group) is 1. The molecule has 176 valence electrons. The number of benzene rings is 1. The van der Waals surface area contributed by atoms with Gasteiger partial charge in [0.05, 0.1) is 12.0 Å². The lowest BCUT2D eigenvalue weighted by Gasteiger charge is -2.23. The van der Waals surface area contributed by atoms with Gasteiger partial charge in [-0.1, -0.05) is 32.6 Å². The Morgan fingerprint density at radius 1 is 1.27 bits per heavy atom. The van der Waals surface area contributed by atoms with E-state index in [4.69, 9.17) is 4.74 Å². The highest BCUT2D eigenvalue weighted by Gasteiger charge is 2.25. The van der Waals surface area contributed by atoms with Crippen molar-refractivity contribution in [3.8, 4) is 11.6 Å². The van der Waals surface area contributed by atoms with Crippen LogP contribution in [0.5, 0.6) is 11.6 Å². The summed E-state index contributed by atoms with van der Waals surface area (Å²) in [6.45, 7) is 11.7. The number of Topliss-reactive ketones (excluding diaryl/α,β-unsaturated/α-hetero) is 1. The van der Waals surface area contributed by atoms with E-state index in [9.17, 15) is 4.79 Å². The number of aromatic nitrogens is 3. The van der Waals surface area contributed by atoms with Crippen LogP contribution in [0.3, 0.4) is 0 Å². The lowest BCUT2D eigenvalue weighted by Crippen LogP contribution is -2.32. The Morgan fingerprint density at radius 3 is 2.76 bits per heavy atom. The van der Waals surface area contributed by atoms with Gasteiger partial charge in [0.1, 0.15) is 11.5 Å². The van der Waals surface area contributed by atoms with Crippen molar-refractivity contribution in [1.29, 1.82) is 0 Å². The molecule has 1 aromatic carbocycles. The minimum atomic E-state index is 0.114. The van der Waals surface area contributed by atoms with Gasteiger partial charge in [-0.05, 0) is 51.2 Å². The SMILES string of the molecule is C=C(Nc1cn2nc(Oc3cccc(CC(C)=O)c3)ccc2n1)N1CCC(N(C)C)C1.CC. The van der Waals surface area contributed by atoms with E-state index in [0.717, 1.165) is 30.9 Å². The van der Waals surface area contributed by atoms with Crippen molar-refractivity contribution < 1.29 is 9.53 Å². The molecule has 1 unspecified atom stereocenters. The molecule has 0 bridgehead atoms. The molecule has 1 atom stereocenters. The Hall–Kier alpha value is -3.39. The largest absolute Gasteiger partial charge is 0.438 e. The molecule has 1 aliphatic rings. The van der Waals surface area contributed by atoms with E-state index in [0.29, 0.717) is 35.6 Å². The van der Waals surface area contributed by atoms with E-state index >= 15 is 0 Å². The predicted molar refractivity (Wildman–Crippen MR) is 132 cm³/mol. The number of rotatable bonds is 8. The van der Waals surface area contributed by atoms with Crippen LogP contribution in [0, 0.1) is 0 Å². The quantitative estimate of drug-likeness (QED) is 0.551. The van der Waals surface area contributed by atoms with Crippen molar-refractivity contribution in [2.24, 2.45) is 0 Å². The molecule has 0 saturated carbocycles. The molecule has 0 spiro atoms. The smallest absolute Gasteiger partial charge is 0.237 e. The van der Waals surface area contributed by atoms with Crippen molar-refractivity contribution in [3.63, 3.8) is 0 Å². The van der Waals surface area contributed by atoms with Crippen molar-refractivity contribution >= 4 is 17.2 Å². The Labute approximate surface area is 195 Å². The summed E-state index contributed by atoms with van der Waals surface area (Å²) in [4.78, 5) is 20.4. The number of ketones is 1. The van der Waals surface area contributed by atoms with Crippen LogP contribution < -0.4 is 10.1 Å². The maximum absolute atomic E-state index is 11.4. The summed E-state index contributed by atoms with van der Waals surface area (Å²) in [5.74, 6) is 2.73. The highest BCUT2D eigenvalue weighted by molar-refractivity contribution is 5.78. The monoisotopic (exact) mass is 450 g/mol. The van der Waals surface area contributed by atoms with E-state index in [-0.39, 0.29) is 5.78 Å². The zero-order valence-electron chi connectivity index (χ0n) is 20.2. The zero-order valence-corrected chi connectivity index (χ0v) is 20.2. The minimum Gasteiger partial charge on any atom is -0.438 e. The Kier molecular flexibility index (Phi) is 8.06. The number of ether oxygens (including phenoxy) is 1. The Bertz CT molecular complexity index is 1110. The number of anilines is 1. The van der Waals surface area contributed by atoms with Crippen LogP contribution in [0.2, 0.25) is 0 Å². The molecule has 0 amide bonds. The lowest BCUT2D eigenvalue weighted by molar-refractivity contribution is -0.116. The average molecular weight is 451 g/mol. The molecule has 1 saturated heterocycles. The number of hydrogen-bond donors (Lipinski definition) is 1. The first kappa shape index (κ1) is 24.3.